The molecule has 0 aliphatic heterocycles. The predicted octanol–water partition coefficient (Wildman–Crippen LogP) is 4.48. The molecule has 0 saturated heterocycles. The van der Waals surface area contributed by atoms with Crippen LogP contribution in [-0.4, -0.2) is 32.7 Å². The molecule has 0 bridgehead atoms. The largest absolute Gasteiger partial charge is 0.493 e. The smallest absolute Gasteiger partial charge is 0.343 e. The van der Waals surface area contributed by atoms with Gasteiger partial charge in [-0.3, -0.25) is 4.79 Å². The quantitative estimate of drug-likeness (QED) is 0.259. The van der Waals surface area contributed by atoms with Crippen molar-refractivity contribution in [3.63, 3.8) is 0 Å². The number of ether oxygens (including phenoxy) is 3. The molecule has 0 aliphatic rings. The number of nitriles is 1. The topological polar surface area (TPSA) is 97.7 Å². The van der Waals surface area contributed by atoms with Crippen LogP contribution < -0.4 is 14.8 Å². The summed E-state index contributed by atoms with van der Waals surface area (Å²) in [5.74, 6) is -0.433. The summed E-state index contributed by atoms with van der Waals surface area (Å²) in [7, 11) is 2.71. The average molecular weight is 455 g/mol. The Kier molecular flexibility index (Phi) is 8.87. The van der Waals surface area contributed by atoms with Gasteiger partial charge in [-0.1, -0.05) is 23.7 Å². The Hall–Kier alpha value is -3.76. The van der Waals surface area contributed by atoms with Gasteiger partial charge in [-0.05, 0) is 54.8 Å². The van der Waals surface area contributed by atoms with Crippen LogP contribution in [0.3, 0.4) is 0 Å². The second kappa shape index (κ2) is 11.6. The molecule has 1 N–H and O–H groups in total. The van der Waals surface area contributed by atoms with E-state index in [0.29, 0.717) is 39.8 Å². The van der Waals surface area contributed by atoms with E-state index in [1.807, 2.05) is 13.0 Å². The Labute approximate surface area is 191 Å². The number of nitrogens with zero attached hydrogens (tertiary/aromatic N) is 1. The van der Waals surface area contributed by atoms with Gasteiger partial charge in [0.15, 0.2) is 18.1 Å². The monoisotopic (exact) mass is 454 g/mol. The minimum Gasteiger partial charge on any atom is -0.493 e. The number of rotatable bonds is 9. The lowest BCUT2D eigenvalue weighted by molar-refractivity contribution is -0.142. The number of benzene rings is 2. The maximum absolute atomic E-state index is 12.6. The summed E-state index contributed by atoms with van der Waals surface area (Å²) >= 11 is 6.10. The van der Waals surface area contributed by atoms with Crippen LogP contribution in [-0.2, 0) is 20.7 Å². The fourth-order valence-corrected chi connectivity index (χ4v) is 2.94. The van der Waals surface area contributed by atoms with E-state index < -0.39 is 11.9 Å². The number of carbonyl (C=O) groups excluding carboxylic acids is 2. The average Bonchev–Trinajstić information content (AvgIpc) is 2.78. The number of amides is 1. The third kappa shape index (κ3) is 6.37. The van der Waals surface area contributed by atoms with E-state index in [0.717, 1.165) is 5.56 Å². The number of hydrogen-bond acceptors (Lipinski definition) is 6. The predicted molar refractivity (Wildman–Crippen MR) is 123 cm³/mol. The molecule has 32 heavy (non-hydrogen) atoms. The maximum Gasteiger partial charge on any atom is 0.343 e. The van der Waals surface area contributed by atoms with Crippen molar-refractivity contribution >= 4 is 35.2 Å². The van der Waals surface area contributed by atoms with Gasteiger partial charge in [-0.25, -0.2) is 4.79 Å². The molecule has 0 aliphatic carbocycles. The lowest BCUT2D eigenvalue weighted by atomic mass is 10.0. The van der Waals surface area contributed by atoms with E-state index in [1.54, 1.807) is 36.4 Å². The molecule has 2 aromatic rings. The summed E-state index contributed by atoms with van der Waals surface area (Å²) < 4.78 is 15.6. The van der Waals surface area contributed by atoms with Gasteiger partial charge in [0.1, 0.15) is 11.6 Å². The first kappa shape index (κ1) is 24.5. The summed E-state index contributed by atoms with van der Waals surface area (Å²) in [5, 5.41) is 12.7. The van der Waals surface area contributed by atoms with Crippen molar-refractivity contribution in [2.24, 2.45) is 0 Å². The van der Waals surface area contributed by atoms with Gasteiger partial charge < -0.3 is 19.5 Å². The van der Waals surface area contributed by atoms with Crippen LogP contribution in [0.4, 0.5) is 5.69 Å². The van der Waals surface area contributed by atoms with Crippen LogP contribution in [0.5, 0.6) is 11.5 Å². The summed E-state index contributed by atoms with van der Waals surface area (Å²) in [5.41, 5.74) is 2.44. The number of nitrogens with one attached hydrogen (secondary N) is 1. The highest BCUT2D eigenvalue weighted by molar-refractivity contribution is 6.31. The maximum atomic E-state index is 12.6. The molecule has 0 atom stereocenters. The molecule has 0 fully saturated rings. The van der Waals surface area contributed by atoms with Gasteiger partial charge in [0.05, 0.1) is 14.2 Å². The van der Waals surface area contributed by atoms with Crippen molar-refractivity contribution in [2.75, 3.05) is 26.1 Å². The summed E-state index contributed by atoms with van der Waals surface area (Å²) in [6, 6.07) is 10.3. The molecule has 0 radical (unpaired) electrons. The fraction of sp³-hybridized carbons (Fsp3) is 0.208. The fourth-order valence-electron chi connectivity index (χ4n) is 2.76. The van der Waals surface area contributed by atoms with E-state index in [1.165, 1.54) is 20.3 Å². The number of esters is 1. The van der Waals surface area contributed by atoms with Crippen LogP contribution >= 0.6 is 11.6 Å². The van der Waals surface area contributed by atoms with Gasteiger partial charge in [0.2, 0.25) is 0 Å². The Balaban J connectivity index is 2.38. The molecular weight excluding hydrogens is 432 g/mol. The Bertz CT molecular complexity index is 1100. The van der Waals surface area contributed by atoms with Crippen molar-refractivity contribution in [1.29, 1.82) is 5.26 Å². The van der Waals surface area contributed by atoms with Crippen LogP contribution in [0, 0.1) is 18.3 Å². The van der Waals surface area contributed by atoms with Crippen molar-refractivity contribution in [3.8, 4) is 17.6 Å². The molecule has 8 heteroatoms. The normalized spacial score (nSPS) is 10.7. The van der Waals surface area contributed by atoms with E-state index in [9.17, 15) is 14.9 Å². The highest BCUT2D eigenvalue weighted by Gasteiger charge is 2.16. The molecular formula is C24H23ClN2O5. The zero-order chi connectivity index (χ0) is 23.7. The zero-order valence-electron chi connectivity index (χ0n) is 18.0. The molecule has 0 spiro atoms. The molecule has 0 heterocycles. The highest BCUT2D eigenvalue weighted by atomic mass is 35.5. The van der Waals surface area contributed by atoms with Gasteiger partial charge in [-0.2, -0.15) is 5.26 Å². The van der Waals surface area contributed by atoms with Gasteiger partial charge in [0, 0.05) is 16.3 Å². The molecule has 0 unspecified atom stereocenters. The van der Waals surface area contributed by atoms with E-state index >= 15 is 0 Å². The van der Waals surface area contributed by atoms with Crippen molar-refractivity contribution in [2.45, 2.75) is 13.3 Å². The number of halogens is 1. The summed E-state index contributed by atoms with van der Waals surface area (Å²) in [6.07, 6.45) is 3.50. The molecule has 0 saturated carbocycles. The standard InChI is InChI=1S/C24H23ClN2O5/c1-5-6-17-9-16(11-21(30-3)23(17)32-14-22(28)31-4)10-18(13-26)24(29)27-19-8-7-15(2)20(25)12-19/h5,7-12H,1,6,14H2,2-4H3,(H,27,29)/b18-10-. The van der Waals surface area contributed by atoms with Crippen LogP contribution in [0.25, 0.3) is 6.08 Å². The van der Waals surface area contributed by atoms with E-state index in [4.69, 9.17) is 21.1 Å². The van der Waals surface area contributed by atoms with Crippen molar-refractivity contribution < 1.29 is 23.8 Å². The molecule has 2 aromatic carbocycles. The van der Waals surface area contributed by atoms with E-state index in [-0.39, 0.29) is 12.2 Å². The Morgan fingerprint density at radius 1 is 1.25 bits per heavy atom. The van der Waals surface area contributed by atoms with Gasteiger partial charge in [0.25, 0.3) is 5.91 Å². The number of allylic oxidation sites excluding steroid dienone is 1. The zero-order valence-corrected chi connectivity index (χ0v) is 18.8. The number of anilines is 1. The van der Waals surface area contributed by atoms with Crippen molar-refractivity contribution in [1.82, 2.24) is 0 Å². The van der Waals surface area contributed by atoms with Crippen molar-refractivity contribution in [3.05, 3.63) is 70.3 Å². The van der Waals surface area contributed by atoms with Crippen LogP contribution in [0.2, 0.25) is 5.02 Å². The molecule has 7 nitrogen and oxygen atoms in total. The SMILES string of the molecule is C=CCc1cc(/C=C(/C#N)C(=O)Nc2ccc(C)c(Cl)c2)cc(OC)c1OCC(=O)OC. The van der Waals surface area contributed by atoms with E-state index in [2.05, 4.69) is 16.6 Å². The second-order valence-electron chi connectivity index (χ2n) is 6.66. The van der Waals surface area contributed by atoms with Crippen LogP contribution in [0.15, 0.2) is 48.6 Å². The third-order valence-corrected chi connectivity index (χ3v) is 4.81. The first-order valence-corrected chi connectivity index (χ1v) is 9.91. The molecule has 1 amide bonds. The number of hydrogen-bond donors (Lipinski definition) is 1. The van der Waals surface area contributed by atoms with Gasteiger partial charge >= 0.3 is 5.97 Å². The summed E-state index contributed by atoms with van der Waals surface area (Å²) in [4.78, 5) is 24.1. The first-order valence-electron chi connectivity index (χ1n) is 9.53. The highest BCUT2D eigenvalue weighted by Crippen LogP contribution is 2.34. The lowest BCUT2D eigenvalue weighted by Gasteiger charge is -2.15. The minimum atomic E-state index is -0.581. The Morgan fingerprint density at radius 3 is 2.59 bits per heavy atom. The Morgan fingerprint density at radius 2 is 2.00 bits per heavy atom. The number of aryl methyl sites for hydroxylation is 1. The molecule has 166 valence electrons. The molecule has 0 aromatic heterocycles. The third-order valence-electron chi connectivity index (χ3n) is 4.41. The molecule has 2 rings (SSSR count). The number of carbonyl (C=O) groups is 2. The second-order valence-corrected chi connectivity index (χ2v) is 7.06. The first-order chi connectivity index (χ1) is 15.3. The number of methoxy groups -OCH3 is 2. The van der Waals surface area contributed by atoms with Crippen LogP contribution in [0.1, 0.15) is 16.7 Å². The lowest BCUT2D eigenvalue weighted by Crippen LogP contribution is -2.14. The minimum absolute atomic E-state index is 0.114. The summed E-state index contributed by atoms with van der Waals surface area (Å²) in [6.45, 7) is 5.28. The van der Waals surface area contributed by atoms with Gasteiger partial charge in [-0.15, -0.1) is 6.58 Å².